The molecule has 0 spiro atoms. The monoisotopic (exact) mass is 567 g/mol. The predicted octanol–water partition coefficient (Wildman–Crippen LogP) is 4.15. The number of para-hydroxylation sites is 2. The van der Waals surface area contributed by atoms with E-state index in [2.05, 4.69) is 5.32 Å². The van der Waals surface area contributed by atoms with E-state index in [0.29, 0.717) is 18.7 Å². The molecular weight excluding hydrogens is 530 g/mol. The number of hydrogen-bond donors (Lipinski definition) is 1. The first-order valence-corrected chi connectivity index (χ1v) is 14.5. The summed E-state index contributed by atoms with van der Waals surface area (Å²) < 4.78 is 39.7. The molecule has 40 heavy (non-hydrogen) atoms. The Balaban J connectivity index is 2.09. The summed E-state index contributed by atoms with van der Waals surface area (Å²) in [6, 6.07) is 19.4. The number of benzene rings is 3. The van der Waals surface area contributed by atoms with Crippen LogP contribution in [0.15, 0.2) is 77.7 Å². The molecule has 3 aromatic rings. The third-order valence-corrected chi connectivity index (χ3v) is 8.26. The maximum Gasteiger partial charge on any atom is 0.264 e. The van der Waals surface area contributed by atoms with Crippen molar-refractivity contribution in [3.8, 4) is 11.5 Å². The normalized spacial score (nSPS) is 11.8. The van der Waals surface area contributed by atoms with Gasteiger partial charge in [-0.3, -0.25) is 13.9 Å². The van der Waals surface area contributed by atoms with Crippen LogP contribution in [0.5, 0.6) is 11.5 Å². The van der Waals surface area contributed by atoms with Crippen molar-refractivity contribution in [3.63, 3.8) is 0 Å². The fraction of sp³-hybridized carbons (Fsp3) is 0.333. The molecule has 9 nitrogen and oxygen atoms in total. The molecule has 0 fully saturated rings. The Hall–Kier alpha value is -4.05. The molecule has 3 aromatic carbocycles. The highest BCUT2D eigenvalue weighted by Gasteiger charge is 2.34. The zero-order chi connectivity index (χ0) is 29.3. The first-order chi connectivity index (χ1) is 19.2. The number of sulfonamides is 1. The van der Waals surface area contributed by atoms with Crippen LogP contribution in [-0.2, 0) is 26.2 Å². The van der Waals surface area contributed by atoms with Gasteiger partial charge in [0.15, 0.2) is 0 Å². The second kappa shape index (κ2) is 13.8. The number of aryl methyl sites for hydroxylation is 1. The van der Waals surface area contributed by atoms with Crippen LogP contribution in [0.25, 0.3) is 0 Å². The lowest BCUT2D eigenvalue weighted by Gasteiger charge is -2.33. The van der Waals surface area contributed by atoms with Gasteiger partial charge in [-0.25, -0.2) is 8.42 Å². The largest absolute Gasteiger partial charge is 0.497 e. The van der Waals surface area contributed by atoms with E-state index in [1.54, 1.807) is 36.4 Å². The van der Waals surface area contributed by atoms with E-state index in [1.807, 2.05) is 45.0 Å². The molecular formula is C30H37N3O6S. The van der Waals surface area contributed by atoms with Gasteiger partial charge in [0.25, 0.3) is 10.0 Å². The van der Waals surface area contributed by atoms with Crippen LogP contribution in [0.4, 0.5) is 5.69 Å². The third-order valence-electron chi connectivity index (χ3n) is 6.49. The van der Waals surface area contributed by atoms with Crippen molar-refractivity contribution in [3.05, 3.63) is 83.9 Å². The van der Waals surface area contributed by atoms with Crippen LogP contribution in [0.1, 0.15) is 31.4 Å². The first-order valence-electron chi connectivity index (χ1n) is 13.1. The average Bonchev–Trinajstić information content (AvgIpc) is 2.96. The molecule has 1 N–H and O–H groups in total. The summed E-state index contributed by atoms with van der Waals surface area (Å²) in [6.45, 7) is 5.59. The Morgan fingerprint density at radius 3 is 2.12 bits per heavy atom. The first kappa shape index (κ1) is 30.5. The lowest BCUT2D eigenvalue weighted by Crippen LogP contribution is -2.52. The maximum absolute atomic E-state index is 14.1. The number of anilines is 1. The molecule has 1 atom stereocenters. The quantitative estimate of drug-likeness (QED) is 0.333. The van der Waals surface area contributed by atoms with E-state index in [4.69, 9.17) is 9.47 Å². The zero-order valence-electron chi connectivity index (χ0n) is 23.6. The molecule has 0 aliphatic rings. The molecule has 0 saturated carbocycles. The number of likely N-dealkylation sites (N-methyl/N-ethyl adjacent to an activating group) is 1. The number of hydrogen-bond acceptors (Lipinski definition) is 6. The summed E-state index contributed by atoms with van der Waals surface area (Å²) in [4.78, 5) is 28.5. The van der Waals surface area contributed by atoms with Gasteiger partial charge in [-0.1, -0.05) is 48.9 Å². The molecule has 0 aliphatic carbocycles. The third kappa shape index (κ3) is 7.12. The lowest BCUT2D eigenvalue weighted by atomic mass is 10.1. The minimum absolute atomic E-state index is 0.0205. The van der Waals surface area contributed by atoms with Gasteiger partial charge in [-0.05, 0) is 62.2 Å². The molecule has 2 amide bonds. The van der Waals surface area contributed by atoms with Crippen molar-refractivity contribution in [1.82, 2.24) is 10.2 Å². The summed E-state index contributed by atoms with van der Waals surface area (Å²) in [7, 11) is -1.31. The molecule has 0 radical (unpaired) electrons. The number of rotatable bonds is 13. The van der Waals surface area contributed by atoms with E-state index in [1.165, 1.54) is 31.3 Å². The van der Waals surface area contributed by atoms with Gasteiger partial charge in [-0.2, -0.15) is 0 Å². The summed E-state index contributed by atoms with van der Waals surface area (Å²) in [5, 5.41) is 2.80. The van der Waals surface area contributed by atoms with Crippen molar-refractivity contribution in [1.29, 1.82) is 0 Å². The van der Waals surface area contributed by atoms with Gasteiger partial charge in [0, 0.05) is 13.1 Å². The van der Waals surface area contributed by atoms with Crippen molar-refractivity contribution in [2.24, 2.45) is 0 Å². The molecule has 10 heteroatoms. The second-order valence-corrected chi connectivity index (χ2v) is 11.0. The topological polar surface area (TPSA) is 105 Å². The molecule has 0 aromatic heterocycles. The molecule has 0 aliphatic heterocycles. The van der Waals surface area contributed by atoms with Gasteiger partial charge >= 0.3 is 0 Å². The Morgan fingerprint density at radius 2 is 1.55 bits per heavy atom. The van der Waals surface area contributed by atoms with Crippen LogP contribution in [0.2, 0.25) is 0 Å². The van der Waals surface area contributed by atoms with Crippen LogP contribution in [0, 0.1) is 6.92 Å². The van der Waals surface area contributed by atoms with E-state index in [0.717, 1.165) is 15.4 Å². The maximum atomic E-state index is 14.1. The van der Waals surface area contributed by atoms with Crippen molar-refractivity contribution in [2.75, 3.05) is 31.6 Å². The minimum Gasteiger partial charge on any atom is -0.497 e. The molecule has 214 valence electrons. The summed E-state index contributed by atoms with van der Waals surface area (Å²) >= 11 is 0. The molecule has 3 rings (SSSR count). The van der Waals surface area contributed by atoms with Gasteiger partial charge in [-0.15, -0.1) is 0 Å². The summed E-state index contributed by atoms with van der Waals surface area (Å²) in [5.74, 6) is -0.0434. The van der Waals surface area contributed by atoms with E-state index < -0.39 is 28.5 Å². The predicted molar refractivity (Wildman–Crippen MR) is 155 cm³/mol. The molecule has 0 heterocycles. The SMILES string of the molecule is CCNC(=O)[C@@H](CC)N(Cc1ccc(C)cc1)C(=O)CN(c1ccccc1OC)S(=O)(=O)c1ccc(OC)cc1. The fourth-order valence-electron chi connectivity index (χ4n) is 4.33. The average molecular weight is 568 g/mol. The van der Waals surface area contributed by atoms with Crippen LogP contribution in [0.3, 0.4) is 0 Å². The summed E-state index contributed by atoms with van der Waals surface area (Å²) in [6.07, 6.45) is 0.351. The molecule has 0 unspecified atom stereocenters. The van der Waals surface area contributed by atoms with Crippen LogP contribution < -0.4 is 19.1 Å². The van der Waals surface area contributed by atoms with E-state index in [9.17, 15) is 18.0 Å². The van der Waals surface area contributed by atoms with Gasteiger partial charge in [0.2, 0.25) is 11.8 Å². The highest BCUT2D eigenvalue weighted by Crippen LogP contribution is 2.33. The Kier molecular flexibility index (Phi) is 10.6. The Morgan fingerprint density at radius 1 is 0.900 bits per heavy atom. The smallest absolute Gasteiger partial charge is 0.264 e. The Labute approximate surface area is 236 Å². The number of nitrogens with zero attached hydrogens (tertiary/aromatic N) is 2. The van der Waals surface area contributed by atoms with Crippen molar-refractivity contribution >= 4 is 27.5 Å². The van der Waals surface area contributed by atoms with Gasteiger partial charge in [0.05, 0.1) is 24.8 Å². The number of carbonyl (C=O) groups excluding carboxylic acids is 2. The fourth-order valence-corrected chi connectivity index (χ4v) is 5.75. The van der Waals surface area contributed by atoms with E-state index >= 15 is 0 Å². The minimum atomic E-state index is -4.23. The molecule has 0 bridgehead atoms. The lowest BCUT2D eigenvalue weighted by molar-refractivity contribution is -0.140. The zero-order valence-corrected chi connectivity index (χ0v) is 24.4. The van der Waals surface area contributed by atoms with Crippen LogP contribution in [-0.4, -0.2) is 58.5 Å². The standard InChI is InChI=1S/C30H37N3O6S/c1-6-26(30(35)31-7-2)32(20-23-14-12-22(3)13-15-23)29(34)21-33(27-10-8-9-11-28(27)39-5)40(36,37)25-18-16-24(38-4)17-19-25/h8-19,26H,6-7,20-21H2,1-5H3,(H,31,35)/t26-/m1/s1. The van der Waals surface area contributed by atoms with Gasteiger partial charge < -0.3 is 19.7 Å². The van der Waals surface area contributed by atoms with Gasteiger partial charge in [0.1, 0.15) is 24.1 Å². The highest BCUT2D eigenvalue weighted by atomic mass is 32.2. The number of ether oxygens (including phenoxy) is 2. The molecule has 0 saturated heterocycles. The van der Waals surface area contributed by atoms with Crippen molar-refractivity contribution in [2.45, 2.75) is 44.7 Å². The number of carbonyl (C=O) groups is 2. The van der Waals surface area contributed by atoms with E-state index in [-0.39, 0.29) is 28.8 Å². The number of amides is 2. The number of methoxy groups -OCH3 is 2. The number of nitrogens with one attached hydrogen (secondary N) is 1. The highest BCUT2D eigenvalue weighted by molar-refractivity contribution is 7.92. The van der Waals surface area contributed by atoms with Crippen molar-refractivity contribution < 1.29 is 27.5 Å². The summed E-state index contributed by atoms with van der Waals surface area (Å²) in [5.41, 5.74) is 2.09. The Bertz CT molecular complexity index is 1390. The second-order valence-electron chi connectivity index (χ2n) is 9.18. The van der Waals surface area contributed by atoms with Crippen LogP contribution >= 0.6 is 0 Å².